The highest BCUT2D eigenvalue weighted by Crippen LogP contribution is 2.30. The van der Waals surface area contributed by atoms with Crippen LogP contribution in [-0.4, -0.2) is 9.55 Å². The number of halogens is 1. The number of nitrogens with zero attached hydrogens (tertiary/aromatic N) is 2. The molecule has 0 aliphatic rings. The summed E-state index contributed by atoms with van der Waals surface area (Å²) in [5, 5.41) is 2.61. The van der Waals surface area contributed by atoms with Gasteiger partial charge in [0.1, 0.15) is 5.58 Å². The van der Waals surface area contributed by atoms with Crippen LogP contribution in [0.5, 0.6) is 0 Å². The highest BCUT2D eigenvalue weighted by Gasteiger charge is 2.15. The standard InChI is InChI=1S/C22H19ClN2O3S/c1-12(2)25-21(27)15-6-4-5-7-18(15)24-22(25)29-11-14-9-20(26)28-19-8-13(3)17(23)10-16(14)19/h4-10,12H,11H2,1-3H3. The van der Waals surface area contributed by atoms with Crippen molar-refractivity contribution in [2.45, 2.75) is 37.7 Å². The van der Waals surface area contributed by atoms with Crippen molar-refractivity contribution in [3.05, 3.63) is 79.4 Å². The van der Waals surface area contributed by atoms with Gasteiger partial charge in [0.25, 0.3) is 5.56 Å². The SMILES string of the molecule is Cc1cc2oc(=O)cc(CSc3nc4ccccc4c(=O)n3C(C)C)c2cc1Cl. The fourth-order valence-electron chi connectivity index (χ4n) is 3.29. The van der Waals surface area contributed by atoms with Gasteiger partial charge in [-0.05, 0) is 56.2 Å². The lowest BCUT2D eigenvalue weighted by molar-refractivity contribution is 0.519. The first kappa shape index (κ1) is 19.7. The van der Waals surface area contributed by atoms with Crippen molar-refractivity contribution in [2.75, 3.05) is 0 Å². The fourth-order valence-corrected chi connectivity index (χ4v) is 4.58. The quantitative estimate of drug-likeness (QED) is 0.250. The second kappa shape index (κ2) is 7.69. The number of hydrogen-bond acceptors (Lipinski definition) is 5. The second-order valence-electron chi connectivity index (χ2n) is 7.16. The van der Waals surface area contributed by atoms with Crippen LogP contribution in [0.15, 0.2) is 61.6 Å². The van der Waals surface area contributed by atoms with Crippen LogP contribution in [0.3, 0.4) is 0 Å². The average molecular weight is 427 g/mol. The molecule has 0 spiro atoms. The molecular weight excluding hydrogens is 408 g/mol. The molecular formula is C22H19ClN2O3S. The van der Waals surface area contributed by atoms with E-state index in [2.05, 4.69) is 0 Å². The van der Waals surface area contributed by atoms with Gasteiger partial charge in [-0.1, -0.05) is 35.5 Å². The van der Waals surface area contributed by atoms with Crippen molar-refractivity contribution in [1.29, 1.82) is 0 Å². The topological polar surface area (TPSA) is 65.1 Å². The molecule has 148 valence electrons. The van der Waals surface area contributed by atoms with Gasteiger partial charge in [-0.3, -0.25) is 9.36 Å². The first-order valence-corrected chi connectivity index (χ1v) is 10.6. The Morgan fingerprint density at radius 3 is 2.66 bits per heavy atom. The number of benzene rings is 2. The number of para-hydroxylation sites is 1. The summed E-state index contributed by atoms with van der Waals surface area (Å²) in [5.41, 5.74) is 2.32. The molecule has 0 atom stereocenters. The third-order valence-electron chi connectivity index (χ3n) is 4.76. The lowest BCUT2D eigenvalue weighted by Crippen LogP contribution is -2.25. The molecule has 0 fully saturated rings. The van der Waals surface area contributed by atoms with Gasteiger partial charge in [-0.2, -0.15) is 0 Å². The molecule has 4 aromatic rings. The van der Waals surface area contributed by atoms with Crippen LogP contribution >= 0.6 is 23.4 Å². The van der Waals surface area contributed by atoms with Crippen LogP contribution in [0.1, 0.15) is 31.0 Å². The lowest BCUT2D eigenvalue weighted by atomic mass is 10.1. The molecule has 0 aliphatic heterocycles. The molecule has 0 unspecified atom stereocenters. The Hall–Kier alpha value is -2.57. The van der Waals surface area contributed by atoms with Gasteiger partial charge in [-0.25, -0.2) is 9.78 Å². The van der Waals surface area contributed by atoms with E-state index in [1.54, 1.807) is 16.7 Å². The molecule has 0 N–H and O–H groups in total. The van der Waals surface area contributed by atoms with Crippen LogP contribution in [0, 0.1) is 6.92 Å². The Bertz CT molecular complexity index is 1360. The van der Waals surface area contributed by atoms with Gasteiger partial charge in [0.15, 0.2) is 5.16 Å². The van der Waals surface area contributed by atoms with Gasteiger partial charge in [0.05, 0.1) is 10.9 Å². The van der Waals surface area contributed by atoms with Crippen LogP contribution < -0.4 is 11.2 Å². The first-order chi connectivity index (χ1) is 13.8. The lowest BCUT2D eigenvalue weighted by Gasteiger charge is -2.16. The third-order valence-corrected chi connectivity index (χ3v) is 6.17. The fraction of sp³-hybridized carbons (Fsp3) is 0.227. The molecule has 5 nitrogen and oxygen atoms in total. The zero-order valence-electron chi connectivity index (χ0n) is 16.2. The maximum absolute atomic E-state index is 13.0. The highest BCUT2D eigenvalue weighted by molar-refractivity contribution is 7.98. The van der Waals surface area contributed by atoms with Gasteiger partial charge in [-0.15, -0.1) is 0 Å². The molecule has 7 heteroatoms. The van der Waals surface area contributed by atoms with Gasteiger partial charge < -0.3 is 4.42 Å². The molecule has 0 saturated carbocycles. The minimum absolute atomic E-state index is 0.0446. The Kier molecular flexibility index (Phi) is 5.23. The van der Waals surface area contributed by atoms with Gasteiger partial charge in [0.2, 0.25) is 0 Å². The van der Waals surface area contributed by atoms with E-state index in [-0.39, 0.29) is 11.6 Å². The summed E-state index contributed by atoms with van der Waals surface area (Å²) in [6.07, 6.45) is 0. The molecule has 0 saturated heterocycles. The van der Waals surface area contributed by atoms with Crippen molar-refractivity contribution in [3.8, 4) is 0 Å². The molecule has 2 heterocycles. The largest absolute Gasteiger partial charge is 0.423 e. The summed E-state index contributed by atoms with van der Waals surface area (Å²) in [4.78, 5) is 29.7. The minimum Gasteiger partial charge on any atom is -0.423 e. The average Bonchev–Trinajstić information content (AvgIpc) is 2.67. The highest BCUT2D eigenvalue weighted by atomic mass is 35.5. The molecule has 2 aromatic heterocycles. The Morgan fingerprint density at radius 2 is 1.90 bits per heavy atom. The first-order valence-electron chi connectivity index (χ1n) is 9.22. The van der Waals surface area contributed by atoms with E-state index in [9.17, 15) is 9.59 Å². The van der Waals surface area contributed by atoms with Crippen molar-refractivity contribution >= 4 is 45.2 Å². The predicted octanol–water partition coefficient (Wildman–Crippen LogP) is 5.34. The maximum Gasteiger partial charge on any atom is 0.336 e. The summed E-state index contributed by atoms with van der Waals surface area (Å²) in [5.74, 6) is 0.457. The summed E-state index contributed by atoms with van der Waals surface area (Å²) in [6, 6.07) is 12.3. The van der Waals surface area contributed by atoms with E-state index in [0.29, 0.717) is 32.4 Å². The van der Waals surface area contributed by atoms with Crippen LogP contribution in [-0.2, 0) is 5.75 Å². The second-order valence-corrected chi connectivity index (χ2v) is 8.51. The molecule has 0 amide bonds. The zero-order valence-corrected chi connectivity index (χ0v) is 17.8. The van der Waals surface area contributed by atoms with Gasteiger partial charge >= 0.3 is 5.63 Å². The third kappa shape index (κ3) is 3.70. The Labute approximate surface area is 176 Å². The molecule has 29 heavy (non-hydrogen) atoms. The smallest absolute Gasteiger partial charge is 0.336 e. The van der Waals surface area contributed by atoms with Gasteiger partial charge in [0, 0.05) is 28.3 Å². The van der Waals surface area contributed by atoms with E-state index < -0.39 is 5.63 Å². The zero-order chi connectivity index (χ0) is 20.7. The summed E-state index contributed by atoms with van der Waals surface area (Å²) in [7, 11) is 0. The maximum atomic E-state index is 13.0. The molecule has 2 aromatic carbocycles. The van der Waals surface area contributed by atoms with E-state index >= 15 is 0 Å². The number of rotatable bonds is 4. The number of fused-ring (bicyclic) bond motifs is 2. The van der Waals surface area contributed by atoms with E-state index in [1.807, 2.05) is 45.0 Å². The van der Waals surface area contributed by atoms with Crippen LogP contribution in [0.2, 0.25) is 5.02 Å². The molecule has 0 bridgehead atoms. The number of thioether (sulfide) groups is 1. The van der Waals surface area contributed by atoms with E-state index in [1.165, 1.54) is 17.8 Å². The Balaban J connectivity index is 1.81. The van der Waals surface area contributed by atoms with Crippen molar-refractivity contribution in [1.82, 2.24) is 9.55 Å². The van der Waals surface area contributed by atoms with Crippen molar-refractivity contribution in [3.63, 3.8) is 0 Å². The van der Waals surface area contributed by atoms with Crippen molar-refractivity contribution < 1.29 is 4.42 Å². The molecule has 4 rings (SSSR count). The minimum atomic E-state index is -0.414. The monoisotopic (exact) mass is 426 g/mol. The number of aromatic nitrogens is 2. The molecule has 0 aliphatic carbocycles. The van der Waals surface area contributed by atoms with E-state index in [4.69, 9.17) is 21.0 Å². The Morgan fingerprint density at radius 1 is 1.14 bits per heavy atom. The summed E-state index contributed by atoms with van der Waals surface area (Å²) in [6.45, 7) is 5.78. The van der Waals surface area contributed by atoms with Crippen LogP contribution in [0.4, 0.5) is 0 Å². The van der Waals surface area contributed by atoms with E-state index in [0.717, 1.165) is 16.5 Å². The summed E-state index contributed by atoms with van der Waals surface area (Å²) < 4.78 is 7.03. The summed E-state index contributed by atoms with van der Waals surface area (Å²) >= 11 is 7.70. The normalized spacial score (nSPS) is 11.6. The molecule has 0 radical (unpaired) electrons. The van der Waals surface area contributed by atoms with Crippen LogP contribution in [0.25, 0.3) is 21.9 Å². The number of aryl methyl sites for hydroxylation is 1. The van der Waals surface area contributed by atoms with Crippen molar-refractivity contribution in [2.24, 2.45) is 0 Å². The predicted molar refractivity (Wildman–Crippen MR) is 118 cm³/mol. The number of hydrogen-bond donors (Lipinski definition) is 0.